The molecule has 0 unspecified atom stereocenters. The van der Waals surface area contributed by atoms with Crippen molar-refractivity contribution in [3.05, 3.63) is 35.7 Å². The number of carbonyl (C=O) groups is 1. The summed E-state index contributed by atoms with van der Waals surface area (Å²) in [6, 6.07) is 1.96. The molecular formula is C19H24N6O. The van der Waals surface area contributed by atoms with Gasteiger partial charge in [-0.3, -0.25) is 4.79 Å². The zero-order valence-corrected chi connectivity index (χ0v) is 14.9. The van der Waals surface area contributed by atoms with Gasteiger partial charge < -0.3 is 15.1 Å². The van der Waals surface area contributed by atoms with Crippen molar-refractivity contribution in [1.82, 2.24) is 24.8 Å². The summed E-state index contributed by atoms with van der Waals surface area (Å²) < 4.78 is 1.95. The Morgan fingerprint density at radius 1 is 1.19 bits per heavy atom. The maximum atomic E-state index is 12.7. The van der Waals surface area contributed by atoms with Crippen LogP contribution in [0.5, 0.6) is 0 Å². The molecule has 5 rings (SSSR count). The lowest BCUT2D eigenvalue weighted by atomic mass is 9.96. The second-order valence-corrected chi connectivity index (χ2v) is 7.36. The van der Waals surface area contributed by atoms with E-state index in [4.69, 9.17) is 4.98 Å². The summed E-state index contributed by atoms with van der Waals surface area (Å²) in [6.45, 7) is 5.09. The van der Waals surface area contributed by atoms with E-state index in [9.17, 15) is 4.79 Å². The maximum Gasteiger partial charge on any atom is 0.229 e. The van der Waals surface area contributed by atoms with Gasteiger partial charge in [-0.2, -0.15) is 9.61 Å². The summed E-state index contributed by atoms with van der Waals surface area (Å²) in [4.78, 5) is 21.9. The molecule has 0 spiro atoms. The number of nitrogens with one attached hydrogen (secondary N) is 1. The Hall–Kier alpha value is -2.41. The van der Waals surface area contributed by atoms with Crippen LogP contribution in [0.2, 0.25) is 0 Å². The fourth-order valence-corrected chi connectivity index (χ4v) is 4.25. The highest BCUT2D eigenvalue weighted by Crippen LogP contribution is 2.32. The Labute approximate surface area is 152 Å². The number of fused-ring (bicyclic) bond motifs is 2. The van der Waals surface area contributed by atoms with E-state index in [1.54, 1.807) is 0 Å². The largest absolute Gasteiger partial charge is 0.354 e. The molecule has 0 aliphatic carbocycles. The van der Waals surface area contributed by atoms with Crippen molar-refractivity contribution in [2.45, 2.75) is 19.3 Å². The molecule has 3 aliphatic rings. The molecule has 1 N–H and O–H groups in total. The zero-order valence-electron chi connectivity index (χ0n) is 14.9. The SMILES string of the molecule is O=C(C1CN(c2c3c(nc4ccnn24)CCNCC3)C1)N1CC=CCC1. The van der Waals surface area contributed by atoms with Crippen molar-refractivity contribution in [3.8, 4) is 0 Å². The molecule has 0 bridgehead atoms. The molecule has 136 valence electrons. The Bertz CT molecular complexity index is 866. The minimum atomic E-state index is 0.0971. The van der Waals surface area contributed by atoms with Crippen LogP contribution in [0.25, 0.3) is 5.65 Å². The second-order valence-electron chi connectivity index (χ2n) is 7.36. The lowest BCUT2D eigenvalue weighted by Gasteiger charge is -2.43. The molecule has 0 saturated carbocycles. The number of amides is 1. The van der Waals surface area contributed by atoms with Crippen LogP contribution >= 0.6 is 0 Å². The summed E-state index contributed by atoms with van der Waals surface area (Å²) in [5.74, 6) is 1.53. The normalized spacial score (nSPS) is 20.8. The van der Waals surface area contributed by atoms with Crippen LogP contribution in [0.15, 0.2) is 24.4 Å². The van der Waals surface area contributed by atoms with Gasteiger partial charge in [-0.15, -0.1) is 0 Å². The lowest BCUT2D eigenvalue weighted by Crippen LogP contribution is -2.56. The molecule has 1 amide bonds. The first-order valence-corrected chi connectivity index (χ1v) is 9.56. The number of rotatable bonds is 2. The number of hydrogen-bond donors (Lipinski definition) is 1. The summed E-state index contributed by atoms with van der Waals surface area (Å²) in [6.07, 6.45) is 8.94. The second kappa shape index (κ2) is 6.39. The Morgan fingerprint density at radius 2 is 2.08 bits per heavy atom. The maximum absolute atomic E-state index is 12.7. The Kier molecular flexibility index (Phi) is 3.89. The summed E-state index contributed by atoms with van der Waals surface area (Å²) in [5.41, 5.74) is 3.36. The van der Waals surface area contributed by atoms with Gasteiger partial charge >= 0.3 is 0 Å². The highest BCUT2D eigenvalue weighted by Gasteiger charge is 2.38. The van der Waals surface area contributed by atoms with Gasteiger partial charge in [-0.1, -0.05) is 12.2 Å². The molecule has 3 aliphatic heterocycles. The average molecular weight is 352 g/mol. The molecule has 2 aromatic heterocycles. The Balaban J connectivity index is 1.41. The average Bonchev–Trinajstić information content (AvgIpc) is 2.97. The van der Waals surface area contributed by atoms with Crippen LogP contribution in [-0.4, -0.2) is 64.7 Å². The first-order valence-electron chi connectivity index (χ1n) is 9.56. The van der Waals surface area contributed by atoms with Crippen LogP contribution < -0.4 is 10.2 Å². The number of hydrogen-bond acceptors (Lipinski definition) is 5. The predicted octanol–water partition coefficient (Wildman–Crippen LogP) is 0.642. The Morgan fingerprint density at radius 3 is 2.92 bits per heavy atom. The van der Waals surface area contributed by atoms with Crippen LogP contribution in [0.3, 0.4) is 0 Å². The van der Waals surface area contributed by atoms with Crippen molar-refractivity contribution in [2.75, 3.05) is 44.2 Å². The molecule has 7 heteroatoms. The fourth-order valence-electron chi connectivity index (χ4n) is 4.25. The third kappa shape index (κ3) is 2.58. The van der Waals surface area contributed by atoms with Gasteiger partial charge in [0.2, 0.25) is 5.91 Å². The molecule has 5 heterocycles. The van der Waals surface area contributed by atoms with Crippen LogP contribution in [0.1, 0.15) is 17.7 Å². The number of carbonyl (C=O) groups excluding carboxylic acids is 1. The minimum Gasteiger partial charge on any atom is -0.354 e. The fraction of sp³-hybridized carbons (Fsp3) is 0.526. The van der Waals surface area contributed by atoms with E-state index in [0.717, 1.165) is 70.0 Å². The molecule has 1 fully saturated rings. The van der Waals surface area contributed by atoms with E-state index < -0.39 is 0 Å². The summed E-state index contributed by atoms with van der Waals surface area (Å²) >= 11 is 0. The highest BCUT2D eigenvalue weighted by molar-refractivity contribution is 5.82. The quantitative estimate of drug-likeness (QED) is 0.804. The van der Waals surface area contributed by atoms with E-state index in [-0.39, 0.29) is 5.92 Å². The van der Waals surface area contributed by atoms with Gasteiger partial charge in [0.15, 0.2) is 5.65 Å². The predicted molar refractivity (Wildman–Crippen MR) is 99.3 cm³/mol. The zero-order chi connectivity index (χ0) is 17.5. The van der Waals surface area contributed by atoms with Crippen molar-refractivity contribution >= 4 is 17.4 Å². The number of anilines is 1. The monoisotopic (exact) mass is 352 g/mol. The van der Waals surface area contributed by atoms with Crippen LogP contribution in [0, 0.1) is 5.92 Å². The molecule has 2 aromatic rings. The molecule has 0 aromatic carbocycles. The molecule has 26 heavy (non-hydrogen) atoms. The first-order chi connectivity index (χ1) is 12.8. The van der Waals surface area contributed by atoms with E-state index in [1.807, 2.05) is 21.7 Å². The topological polar surface area (TPSA) is 65.8 Å². The molecular weight excluding hydrogens is 328 g/mol. The summed E-state index contributed by atoms with van der Waals surface area (Å²) in [5, 5.41) is 7.97. The van der Waals surface area contributed by atoms with Crippen molar-refractivity contribution in [3.63, 3.8) is 0 Å². The van der Waals surface area contributed by atoms with Gasteiger partial charge in [0.25, 0.3) is 0 Å². The third-order valence-corrected chi connectivity index (χ3v) is 5.68. The third-order valence-electron chi connectivity index (χ3n) is 5.68. The van der Waals surface area contributed by atoms with Gasteiger partial charge in [0.05, 0.1) is 17.8 Å². The minimum absolute atomic E-state index is 0.0971. The lowest BCUT2D eigenvalue weighted by molar-refractivity contribution is -0.136. The van der Waals surface area contributed by atoms with Gasteiger partial charge in [0.1, 0.15) is 5.82 Å². The van der Waals surface area contributed by atoms with Gasteiger partial charge in [-0.05, 0) is 19.4 Å². The van der Waals surface area contributed by atoms with E-state index in [2.05, 4.69) is 27.5 Å². The van der Waals surface area contributed by atoms with Crippen molar-refractivity contribution in [2.24, 2.45) is 5.92 Å². The number of nitrogens with zero attached hydrogens (tertiary/aromatic N) is 5. The van der Waals surface area contributed by atoms with E-state index >= 15 is 0 Å². The van der Waals surface area contributed by atoms with E-state index in [1.165, 1.54) is 11.3 Å². The molecule has 1 saturated heterocycles. The van der Waals surface area contributed by atoms with Crippen LogP contribution in [0.4, 0.5) is 5.82 Å². The standard InChI is InChI=1S/C19H24N6O/c26-19(23-10-2-1-3-11-23)14-12-24(13-14)18-15-4-7-20-8-5-16(15)22-17-6-9-21-25(17)18/h1-2,6,9,14,20H,3-5,7-8,10-13H2. The highest BCUT2D eigenvalue weighted by atomic mass is 16.2. The van der Waals surface area contributed by atoms with Crippen molar-refractivity contribution < 1.29 is 4.79 Å². The number of aromatic nitrogens is 3. The first kappa shape index (κ1) is 15.8. The van der Waals surface area contributed by atoms with Gasteiger partial charge in [0, 0.05) is 50.8 Å². The summed E-state index contributed by atoms with van der Waals surface area (Å²) in [7, 11) is 0. The van der Waals surface area contributed by atoms with E-state index in [0.29, 0.717) is 5.91 Å². The smallest absolute Gasteiger partial charge is 0.229 e. The van der Waals surface area contributed by atoms with Crippen LogP contribution in [-0.2, 0) is 17.6 Å². The molecule has 0 atom stereocenters. The van der Waals surface area contributed by atoms with Gasteiger partial charge in [-0.25, -0.2) is 4.98 Å². The van der Waals surface area contributed by atoms with Crippen molar-refractivity contribution in [1.29, 1.82) is 0 Å². The molecule has 7 nitrogen and oxygen atoms in total. The molecule has 0 radical (unpaired) electrons.